The van der Waals surface area contributed by atoms with Crippen LogP contribution in [0, 0.1) is 11.8 Å². The van der Waals surface area contributed by atoms with Crippen LogP contribution in [0.2, 0.25) is 0 Å². The molecule has 58 valence electrons. The van der Waals surface area contributed by atoms with Gasteiger partial charge in [-0.05, 0) is 25.7 Å². The number of fused-ring (bicyclic) bond motifs is 1. The molecule has 1 unspecified atom stereocenters. The maximum absolute atomic E-state index is 2.60. The van der Waals surface area contributed by atoms with Crippen molar-refractivity contribution < 1.29 is 0 Å². The number of hydrogen-bond acceptors (Lipinski definition) is 1. The van der Waals surface area contributed by atoms with Crippen LogP contribution in [0.25, 0.3) is 0 Å². The number of rotatable bonds is 1. The van der Waals surface area contributed by atoms with Gasteiger partial charge in [-0.3, -0.25) is 0 Å². The van der Waals surface area contributed by atoms with Crippen molar-refractivity contribution in [3.05, 3.63) is 0 Å². The van der Waals surface area contributed by atoms with Crippen molar-refractivity contribution in [1.29, 1.82) is 0 Å². The van der Waals surface area contributed by atoms with Crippen LogP contribution in [0.1, 0.15) is 13.8 Å². The fraction of sp³-hybridized carbons (Fsp3) is 1.00. The Kier molecular flexibility index (Phi) is 1.72. The summed E-state index contributed by atoms with van der Waals surface area (Å²) in [5.41, 5.74) is 0. The molecule has 10 heavy (non-hydrogen) atoms. The van der Waals surface area contributed by atoms with E-state index in [1.807, 2.05) is 0 Å². The minimum absolute atomic E-state index is 0.774. The molecule has 2 heteroatoms. The summed E-state index contributed by atoms with van der Waals surface area (Å²) in [7, 11) is 0. The molecule has 1 saturated carbocycles. The Balaban J connectivity index is 1.89. The first-order valence-electron chi connectivity index (χ1n) is 4.08. The second-order valence-corrected chi connectivity index (χ2v) is 5.26. The second-order valence-electron chi connectivity index (χ2n) is 3.82. The first kappa shape index (κ1) is 7.35. The molecule has 0 radical (unpaired) electrons. The molecule has 3 atom stereocenters. The number of alkyl halides is 1. The molecule has 1 saturated heterocycles. The molecular formula is C8H14IN. The highest BCUT2D eigenvalue weighted by molar-refractivity contribution is 14.1. The summed E-state index contributed by atoms with van der Waals surface area (Å²) in [5, 5.41) is 0. The zero-order chi connectivity index (χ0) is 7.30. The van der Waals surface area contributed by atoms with Crippen LogP contribution in [0.15, 0.2) is 0 Å². The van der Waals surface area contributed by atoms with Gasteiger partial charge in [0.1, 0.15) is 0 Å². The van der Waals surface area contributed by atoms with Crippen molar-refractivity contribution in [2.24, 2.45) is 11.8 Å². The normalized spacial score (nSPS) is 46.2. The van der Waals surface area contributed by atoms with E-state index >= 15 is 0 Å². The smallest absolute Gasteiger partial charge is 0.0197 e. The number of hydrogen-bond donors (Lipinski definition) is 0. The van der Waals surface area contributed by atoms with Gasteiger partial charge in [-0.25, -0.2) is 0 Å². The van der Waals surface area contributed by atoms with Crippen LogP contribution >= 0.6 is 22.6 Å². The van der Waals surface area contributed by atoms with Gasteiger partial charge in [-0.2, -0.15) is 0 Å². The monoisotopic (exact) mass is 251 g/mol. The molecule has 1 aliphatic heterocycles. The van der Waals surface area contributed by atoms with Crippen molar-refractivity contribution in [3.8, 4) is 0 Å². The summed E-state index contributed by atoms with van der Waals surface area (Å²) >= 11 is 2.60. The summed E-state index contributed by atoms with van der Waals surface area (Å²) < 4.78 is 1.02. The molecule has 2 rings (SSSR count). The Morgan fingerprint density at radius 1 is 1.30 bits per heavy atom. The fourth-order valence-corrected chi connectivity index (χ4v) is 3.19. The first-order valence-corrected chi connectivity index (χ1v) is 5.33. The predicted molar refractivity (Wildman–Crippen MR) is 51.5 cm³/mol. The number of piperidine rings is 1. The molecule has 2 fully saturated rings. The van der Waals surface area contributed by atoms with E-state index in [4.69, 9.17) is 0 Å². The molecule has 0 spiro atoms. The van der Waals surface area contributed by atoms with E-state index in [-0.39, 0.29) is 0 Å². The molecule has 1 heterocycles. The van der Waals surface area contributed by atoms with Gasteiger partial charge in [0.05, 0.1) is 0 Å². The lowest BCUT2D eigenvalue weighted by molar-refractivity contribution is 0.251. The lowest BCUT2D eigenvalue weighted by Crippen LogP contribution is -2.31. The lowest BCUT2D eigenvalue weighted by Gasteiger charge is -2.22. The van der Waals surface area contributed by atoms with E-state index in [1.165, 1.54) is 13.1 Å². The third-order valence-electron chi connectivity index (χ3n) is 2.85. The molecule has 1 nitrogen and oxygen atoms in total. The van der Waals surface area contributed by atoms with Crippen LogP contribution in [0.5, 0.6) is 0 Å². The quantitative estimate of drug-likeness (QED) is 0.507. The van der Waals surface area contributed by atoms with Gasteiger partial charge >= 0.3 is 0 Å². The summed E-state index contributed by atoms with van der Waals surface area (Å²) in [4.78, 5) is 2.60. The average Bonchev–Trinajstić information content (AvgIpc) is 2.38. The van der Waals surface area contributed by atoms with Crippen molar-refractivity contribution in [2.75, 3.05) is 13.1 Å². The lowest BCUT2D eigenvalue weighted by atomic mass is 10.3. The maximum atomic E-state index is 2.60. The largest absolute Gasteiger partial charge is 0.300 e. The van der Waals surface area contributed by atoms with Crippen molar-refractivity contribution in [2.45, 2.75) is 23.8 Å². The van der Waals surface area contributed by atoms with Gasteiger partial charge in [0.2, 0.25) is 0 Å². The van der Waals surface area contributed by atoms with Crippen LogP contribution in [-0.2, 0) is 0 Å². The highest BCUT2D eigenvalue weighted by Crippen LogP contribution is 2.51. The Labute approximate surface area is 76.3 Å². The van der Waals surface area contributed by atoms with Gasteiger partial charge in [0.15, 0.2) is 0 Å². The van der Waals surface area contributed by atoms with E-state index in [2.05, 4.69) is 41.3 Å². The first-order chi connectivity index (χ1) is 4.70. The van der Waals surface area contributed by atoms with E-state index in [0.29, 0.717) is 0 Å². The van der Waals surface area contributed by atoms with Crippen molar-refractivity contribution >= 4 is 22.6 Å². The van der Waals surface area contributed by atoms with E-state index in [1.54, 1.807) is 0 Å². The third kappa shape index (κ3) is 0.998. The van der Waals surface area contributed by atoms with E-state index < -0.39 is 0 Å². The van der Waals surface area contributed by atoms with Gasteiger partial charge in [0, 0.05) is 23.1 Å². The summed E-state index contributed by atoms with van der Waals surface area (Å²) in [6, 6.07) is 0.774. The van der Waals surface area contributed by atoms with Crippen LogP contribution in [0.3, 0.4) is 0 Å². The van der Waals surface area contributed by atoms with Crippen molar-refractivity contribution in [3.63, 3.8) is 0 Å². The Morgan fingerprint density at radius 3 is 2.20 bits per heavy atom. The number of likely N-dealkylation sites (tertiary alicyclic amines) is 1. The molecule has 1 aliphatic carbocycles. The summed E-state index contributed by atoms with van der Waals surface area (Å²) in [6.07, 6.45) is 0. The third-order valence-corrected chi connectivity index (χ3v) is 4.70. The van der Waals surface area contributed by atoms with Crippen LogP contribution in [0.4, 0.5) is 0 Å². The predicted octanol–water partition coefficient (Wildman–Crippen LogP) is 1.76. The molecule has 0 aromatic carbocycles. The SMILES string of the molecule is CC(C)N1C[C@@H]2C(I)[C@@H]2C1. The summed E-state index contributed by atoms with van der Waals surface area (Å²) in [6.45, 7) is 7.34. The zero-order valence-electron chi connectivity index (χ0n) is 6.55. The number of halogens is 1. The number of nitrogens with zero attached hydrogens (tertiary/aromatic N) is 1. The van der Waals surface area contributed by atoms with Crippen LogP contribution in [-0.4, -0.2) is 28.0 Å². The highest BCUT2D eigenvalue weighted by Gasteiger charge is 2.54. The molecular weight excluding hydrogens is 237 g/mol. The van der Waals surface area contributed by atoms with Crippen molar-refractivity contribution in [1.82, 2.24) is 4.90 Å². The Morgan fingerprint density at radius 2 is 1.80 bits per heavy atom. The molecule has 0 aromatic heterocycles. The topological polar surface area (TPSA) is 3.24 Å². The zero-order valence-corrected chi connectivity index (χ0v) is 8.71. The Bertz CT molecular complexity index is 134. The molecule has 0 N–H and O–H groups in total. The molecule has 2 aliphatic rings. The van der Waals surface area contributed by atoms with Gasteiger partial charge < -0.3 is 4.90 Å². The maximum Gasteiger partial charge on any atom is 0.0197 e. The highest BCUT2D eigenvalue weighted by atomic mass is 127. The fourth-order valence-electron chi connectivity index (χ4n) is 1.91. The molecule has 0 aromatic rings. The molecule has 0 bridgehead atoms. The van der Waals surface area contributed by atoms with Gasteiger partial charge in [0.25, 0.3) is 0 Å². The van der Waals surface area contributed by atoms with E-state index in [9.17, 15) is 0 Å². The van der Waals surface area contributed by atoms with Crippen LogP contribution < -0.4 is 0 Å². The molecule has 0 amide bonds. The van der Waals surface area contributed by atoms with Gasteiger partial charge in [-0.15, -0.1) is 0 Å². The standard InChI is InChI=1S/C8H14IN/c1-5(2)10-3-6-7(4-10)8(6)9/h5-8H,3-4H2,1-2H3/t6-,7+,8?. The average molecular weight is 251 g/mol. The summed E-state index contributed by atoms with van der Waals surface area (Å²) in [5.74, 6) is 2.12. The Hall–Kier alpha value is 0.690. The minimum Gasteiger partial charge on any atom is -0.300 e. The minimum atomic E-state index is 0.774. The van der Waals surface area contributed by atoms with Gasteiger partial charge in [-0.1, -0.05) is 22.6 Å². The second kappa shape index (κ2) is 2.34. The van der Waals surface area contributed by atoms with E-state index in [0.717, 1.165) is 21.8 Å².